The van der Waals surface area contributed by atoms with E-state index in [0.29, 0.717) is 11.8 Å². The average Bonchev–Trinajstić information content (AvgIpc) is 2.23. The molecule has 0 radical (unpaired) electrons. The Hall–Kier alpha value is -0.730. The van der Waals surface area contributed by atoms with Gasteiger partial charge in [-0.05, 0) is 31.9 Å². The van der Waals surface area contributed by atoms with E-state index >= 15 is 0 Å². The molecule has 2 nitrogen and oxygen atoms in total. The van der Waals surface area contributed by atoms with E-state index in [0.717, 1.165) is 24.1 Å². The minimum Gasteiger partial charge on any atom is -0.507 e. The van der Waals surface area contributed by atoms with Gasteiger partial charge < -0.3 is 10.4 Å². The Kier molecular flexibility index (Phi) is 4.43. The quantitative estimate of drug-likeness (QED) is 0.773. The lowest BCUT2D eigenvalue weighted by atomic mass is 9.95. The van der Waals surface area contributed by atoms with Gasteiger partial charge in [0.2, 0.25) is 0 Å². The molecule has 1 saturated heterocycles. The molecule has 0 bridgehead atoms. The van der Waals surface area contributed by atoms with Gasteiger partial charge in [0.05, 0.1) is 0 Å². The molecule has 1 aromatic carbocycles. The molecule has 1 fully saturated rings. The number of nitrogens with one attached hydrogen (secondary N) is 1. The van der Waals surface area contributed by atoms with Crippen molar-refractivity contribution in [1.82, 2.24) is 5.32 Å². The van der Waals surface area contributed by atoms with E-state index in [9.17, 15) is 5.11 Å². The standard InChI is InChI=1S/C12H17NO.ClH/c1-9-5-4-6-10(12(9)14)11-7-2-3-8-13-11;/h4-6,11,13-14H,2-3,7-8H2,1H3;1H/t11-;/m1./s1. The monoisotopic (exact) mass is 227 g/mol. The molecular weight excluding hydrogens is 210 g/mol. The predicted molar refractivity (Wildman–Crippen MR) is 64.7 cm³/mol. The first-order valence-corrected chi connectivity index (χ1v) is 5.31. The predicted octanol–water partition coefficient (Wildman–Crippen LogP) is 2.94. The largest absolute Gasteiger partial charge is 0.507 e. The highest BCUT2D eigenvalue weighted by Crippen LogP contribution is 2.31. The molecule has 2 rings (SSSR count). The van der Waals surface area contributed by atoms with Crippen molar-refractivity contribution in [3.63, 3.8) is 0 Å². The van der Waals surface area contributed by atoms with Crippen LogP contribution in [0.15, 0.2) is 18.2 Å². The highest BCUT2D eigenvalue weighted by atomic mass is 35.5. The molecule has 1 aromatic rings. The maximum atomic E-state index is 9.91. The van der Waals surface area contributed by atoms with E-state index in [1.54, 1.807) is 0 Å². The van der Waals surface area contributed by atoms with Crippen LogP contribution in [-0.4, -0.2) is 11.7 Å². The molecule has 1 aliphatic rings. The van der Waals surface area contributed by atoms with Crippen LogP contribution in [0.2, 0.25) is 0 Å². The summed E-state index contributed by atoms with van der Waals surface area (Å²) >= 11 is 0. The molecule has 1 aliphatic heterocycles. The van der Waals surface area contributed by atoms with E-state index in [1.165, 1.54) is 12.8 Å². The lowest BCUT2D eigenvalue weighted by Gasteiger charge is -2.24. The number of phenolic OH excluding ortho intramolecular Hbond substituents is 1. The van der Waals surface area contributed by atoms with Gasteiger partial charge in [-0.2, -0.15) is 0 Å². The summed E-state index contributed by atoms with van der Waals surface area (Å²) in [5.41, 5.74) is 2.03. The minimum absolute atomic E-state index is 0. The zero-order valence-electron chi connectivity index (χ0n) is 8.99. The summed E-state index contributed by atoms with van der Waals surface area (Å²) in [6.45, 7) is 3.01. The fourth-order valence-corrected chi connectivity index (χ4v) is 2.08. The topological polar surface area (TPSA) is 32.3 Å². The third-order valence-electron chi connectivity index (χ3n) is 2.95. The maximum absolute atomic E-state index is 9.91. The number of phenols is 1. The van der Waals surface area contributed by atoms with Crippen LogP contribution < -0.4 is 5.32 Å². The number of hydrogen-bond donors (Lipinski definition) is 2. The van der Waals surface area contributed by atoms with Crippen LogP contribution in [0.1, 0.15) is 36.4 Å². The first kappa shape index (κ1) is 12.3. The summed E-state index contributed by atoms with van der Waals surface area (Å²) < 4.78 is 0. The summed E-state index contributed by atoms with van der Waals surface area (Å²) in [5.74, 6) is 0.465. The van der Waals surface area contributed by atoms with Crippen LogP contribution in [0, 0.1) is 6.92 Å². The van der Waals surface area contributed by atoms with Crippen LogP contribution in [-0.2, 0) is 0 Å². The average molecular weight is 228 g/mol. The van der Waals surface area contributed by atoms with E-state index < -0.39 is 0 Å². The van der Waals surface area contributed by atoms with E-state index in [4.69, 9.17) is 0 Å². The minimum atomic E-state index is 0. The van der Waals surface area contributed by atoms with Gasteiger partial charge in [-0.3, -0.25) is 0 Å². The van der Waals surface area contributed by atoms with Crippen LogP contribution >= 0.6 is 12.4 Å². The van der Waals surface area contributed by atoms with Gasteiger partial charge in [0.15, 0.2) is 0 Å². The van der Waals surface area contributed by atoms with Crippen molar-refractivity contribution >= 4 is 12.4 Å². The second-order valence-electron chi connectivity index (χ2n) is 4.02. The maximum Gasteiger partial charge on any atom is 0.123 e. The van der Waals surface area contributed by atoms with Crippen molar-refractivity contribution in [3.05, 3.63) is 29.3 Å². The van der Waals surface area contributed by atoms with Gasteiger partial charge in [-0.15, -0.1) is 12.4 Å². The summed E-state index contributed by atoms with van der Waals surface area (Å²) in [6.07, 6.45) is 3.64. The van der Waals surface area contributed by atoms with Gasteiger partial charge >= 0.3 is 0 Å². The Labute approximate surface area is 97.1 Å². The number of aryl methyl sites for hydroxylation is 1. The lowest BCUT2D eigenvalue weighted by Crippen LogP contribution is -2.26. The van der Waals surface area contributed by atoms with Crippen molar-refractivity contribution in [1.29, 1.82) is 0 Å². The first-order chi connectivity index (χ1) is 6.79. The van der Waals surface area contributed by atoms with Gasteiger partial charge in [0.1, 0.15) is 5.75 Å². The molecule has 0 aromatic heterocycles. The smallest absolute Gasteiger partial charge is 0.123 e. The fraction of sp³-hybridized carbons (Fsp3) is 0.500. The van der Waals surface area contributed by atoms with E-state index in [1.807, 2.05) is 25.1 Å². The number of piperidine rings is 1. The number of halogens is 1. The number of rotatable bonds is 1. The van der Waals surface area contributed by atoms with Gasteiger partial charge in [-0.1, -0.05) is 24.6 Å². The molecule has 0 saturated carbocycles. The fourth-order valence-electron chi connectivity index (χ4n) is 2.08. The lowest BCUT2D eigenvalue weighted by molar-refractivity contribution is 0.389. The van der Waals surface area contributed by atoms with Crippen molar-refractivity contribution in [2.24, 2.45) is 0 Å². The summed E-state index contributed by atoms with van der Waals surface area (Å²) in [7, 11) is 0. The van der Waals surface area contributed by atoms with Crippen molar-refractivity contribution in [3.8, 4) is 5.75 Å². The Balaban J connectivity index is 0.00000112. The molecule has 84 valence electrons. The Bertz CT molecular complexity index is 321. The Morgan fingerprint density at radius 2 is 2.13 bits per heavy atom. The van der Waals surface area contributed by atoms with Crippen LogP contribution in [0.25, 0.3) is 0 Å². The van der Waals surface area contributed by atoms with Gasteiger partial charge in [-0.25, -0.2) is 0 Å². The SMILES string of the molecule is Cc1cccc([C@H]2CCCCN2)c1O.Cl. The summed E-state index contributed by atoms with van der Waals surface area (Å²) in [6, 6.07) is 6.33. The second kappa shape index (κ2) is 5.38. The Morgan fingerprint density at radius 3 is 2.80 bits per heavy atom. The zero-order chi connectivity index (χ0) is 9.97. The molecular formula is C12H18ClNO. The summed E-state index contributed by atoms with van der Waals surface area (Å²) in [5, 5.41) is 13.4. The second-order valence-corrected chi connectivity index (χ2v) is 4.02. The van der Waals surface area contributed by atoms with Crippen molar-refractivity contribution in [2.45, 2.75) is 32.2 Å². The molecule has 2 N–H and O–H groups in total. The van der Waals surface area contributed by atoms with E-state index in [-0.39, 0.29) is 12.4 Å². The number of aromatic hydroxyl groups is 1. The number of hydrogen-bond acceptors (Lipinski definition) is 2. The zero-order valence-corrected chi connectivity index (χ0v) is 9.81. The molecule has 0 unspecified atom stereocenters. The highest BCUT2D eigenvalue weighted by Gasteiger charge is 2.17. The Morgan fingerprint density at radius 1 is 1.33 bits per heavy atom. The van der Waals surface area contributed by atoms with Crippen LogP contribution in [0.4, 0.5) is 0 Å². The third-order valence-corrected chi connectivity index (χ3v) is 2.95. The van der Waals surface area contributed by atoms with E-state index in [2.05, 4.69) is 5.32 Å². The third kappa shape index (κ3) is 2.64. The van der Waals surface area contributed by atoms with Crippen LogP contribution in [0.3, 0.4) is 0 Å². The molecule has 1 atom stereocenters. The highest BCUT2D eigenvalue weighted by molar-refractivity contribution is 5.85. The van der Waals surface area contributed by atoms with Crippen molar-refractivity contribution in [2.75, 3.05) is 6.54 Å². The normalized spacial score (nSPS) is 20.7. The molecule has 0 aliphatic carbocycles. The molecule has 1 heterocycles. The molecule has 0 spiro atoms. The number of para-hydroxylation sites is 1. The van der Waals surface area contributed by atoms with Gasteiger partial charge in [0.25, 0.3) is 0 Å². The molecule has 0 amide bonds. The summed E-state index contributed by atoms with van der Waals surface area (Å²) in [4.78, 5) is 0. The van der Waals surface area contributed by atoms with Crippen molar-refractivity contribution < 1.29 is 5.11 Å². The number of benzene rings is 1. The molecule has 3 heteroatoms. The van der Waals surface area contributed by atoms with Crippen LogP contribution in [0.5, 0.6) is 5.75 Å². The first-order valence-electron chi connectivity index (χ1n) is 5.31. The molecule has 15 heavy (non-hydrogen) atoms. The van der Waals surface area contributed by atoms with Gasteiger partial charge in [0, 0.05) is 11.6 Å².